The third-order valence-corrected chi connectivity index (χ3v) is 9.15. The molecule has 9 nitrogen and oxygen atoms in total. The van der Waals surface area contributed by atoms with Crippen molar-refractivity contribution in [1.29, 1.82) is 0 Å². The molecule has 6 aromatic heterocycles. The Morgan fingerprint density at radius 2 is 0.750 bits per heavy atom. The Balaban J connectivity index is 1.44. The lowest BCUT2D eigenvalue weighted by molar-refractivity contribution is -0.114. The van der Waals surface area contributed by atoms with Gasteiger partial charge in [0.15, 0.2) is 0 Å². The van der Waals surface area contributed by atoms with E-state index >= 15 is 0 Å². The zero-order valence-corrected chi connectivity index (χ0v) is 28.0. The maximum atomic E-state index is 11.8. The molecule has 7 aromatic rings. The highest BCUT2D eigenvalue weighted by atomic mass is 16.1. The zero-order valence-electron chi connectivity index (χ0n) is 28.0. The minimum atomic E-state index is -0.123. The first-order chi connectivity index (χ1) is 25.6. The van der Waals surface area contributed by atoms with Crippen molar-refractivity contribution >= 4 is 58.0 Å². The maximum absolute atomic E-state index is 11.8. The van der Waals surface area contributed by atoms with Crippen molar-refractivity contribution in [2.45, 2.75) is 6.92 Å². The summed E-state index contributed by atoms with van der Waals surface area (Å²) in [5, 5.41) is 2.87. The van der Waals surface area contributed by atoms with Crippen LogP contribution in [0.25, 0.3) is 90.9 Å². The largest absolute Gasteiger partial charge is 0.354 e. The summed E-state index contributed by atoms with van der Waals surface area (Å²) in [6, 6.07) is 28.2. The van der Waals surface area contributed by atoms with Gasteiger partial charge in [0.25, 0.3) is 0 Å². The molecule has 248 valence electrons. The number of nitrogens with zero attached hydrogens (tertiary/aromatic N) is 5. The standard InChI is InChI=1S/C43H30N8O/c1-26(52)47-31-4-2-27(3-5-31)40-32-6-8-34(48-32)41(28-14-20-44-21-15-28)36-10-12-38(50-36)43(30-18-24-46-25-19-30)39-13-11-37(51-39)42(29-16-22-45-23-17-29)35-9-7-33(40)49-35/h2-25,48,51H,1H3,(H,47,52). The van der Waals surface area contributed by atoms with E-state index in [9.17, 15) is 4.79 Å². The van der Waals surface area contributed by atoms with Crippen LogP contribution in [0.3, 0.4) is 0 Å². The van der Waals surface area contributed by atoms with Gasteiger partial charge in [-0.05, 0) is 119 Å². The highest BCUT2D eigenvalue weighted by Gasteiger charge is 2.19. The molecule has 0 radical (unpaired) electrons. The van der Waals surface area contributed by atoms with Crippen molar-refractivity contribution in [3.05, 3.63) is 145 Å². The smallest absolute Gasteiger partial charge is 0.221 e. The number of aromatic amines is 2. The molecule has 2 aliphatic rings. The van der Waals surface area contributed by atoms with Gasteiger partial charge in [-0.25, -0.2) is 9.97 Å². The van der Waals surface area contributed by atoms with Crippen LogP contribution in [0.15, 0.2) is 122 Å². The summed E-state index contributed by atoms with van der Waals surface area (Å²) in [4.78, 5) is 42.8. The first-order valence-corrected chi connectivity index (χ1v) is 16.8. The van der Waals surface area contributed by atoms with Crippen LogP contribution in [0.1, 0.15) is 29.7 Å². The molecule has 9 rings (SSSR count). The average molecular weight is 675 g/mol. The molecule has 0 saturated carbocycles. The van der Waals surface area contributed by atoms with E-state index in [1.165, 1.54) is 6.92 Å². The lowest BCUT2D eigenvalue weighted by Crippen LogP contribution is -2.05. The fourth-order valence-corrected chi connectivity index (χ4v) is 6.90. The van der Waals surface area contributed by atoms with E-state index in [4.69, 9.17) is 9.97 Å². The highest BCUT2D eigenvalue weighted by molar-refractivity contribution is 6.00. The molecular formula is C43H30N8O. The van der Waals surface area contributed by atoms with E-state index in [0.29, 0.717) is 0 Å². The summed E-state index contributed by atoms with van der Waals surface area (Å²) >= 11 is 0. The Morgan fingerprint density at radius 3 is 1.06 bits per heavy atom. The molecule has 8 bridgehead atoms. The van der Waals surface area contributed by atoms with E-state index < -0.39 is 0 Å². The predicted octanol–water partition coefficient (Wildman–Crippen LogP) is 9.47. The van der Waals surface area contributed by atoms with Crippen molar-refractivity contribution in [1.82, 2.24) is 34.9 Å². The second-order valence-electron chi connectivity index (χ2n) is 12.5. The van der Waals surface area contributed by atoms with Gasteiger partial charge in [0.05, 0.1) is 22.8 Å². The number of amides is 1. The Morgan fingerprint density at radius 1 is 0.442 bits per heavy atom. The van der Waals surface area contributed by atoms with Crippen LogP contribution in [0.2, 0.25) is 0 Å². The van der Waals surface area contributed by atoms with Gasteiger partial charge in [0.2, 0.25) is 5.91 Å². The number of anilines is 1. The van der Waals surface area contributed by atoms with Gasteiger partial charge < -0.3 is 15.3 Å². The number of benzene rings is 1. The van der Waals surface area contributed by atoms with E-state index in [1.807, 2.05) is 60.7 Å². The van der Waals surface area contributed by atoms with Crippen LogP contribution in [-0.4, -0.2) is 40.8 Å². The second-order valence-corrected chi connectivity index (χ2v) is 12.5. The molecule has 3 N–H and O–H groups in total. The van der Waals surface area contributed by atoms with Crippen LogP contribution in [0.5, 0.6) is 0 Å². The lowest BCUT2D eigenvalue weighted by Gasteiger charge is -2.07. The van der Waals surface area contributed by atoms with E-state index in [-0.39, 0.29) is 5.91 Å². The fraction of sp³-hybridized carbons (Fsp3) is 0.0233. The molecule has 1 amide bonds. The molecule has 52 heavy (non-hydrogen) atoms. The summed E-state index contributed by atoms with van der Waals surface area (Å²) in [5.41, 5.74) is 15.2. The highest BCUT2D eigenvalue weighted by Crippen LogP contribution is 2.38. The van der Waals surface area contributed by atoms with Gasteiger partial charge in [-0.3, -0.25) is 19.7 Å². The second kappa shape index (κ2) is 12.9. The SMILES string of the molecule is CC(=O)Nc1ccc(-c2c3nc(c(-c4ccncc4)c4ccc([nH]4)c(-c4ccncc4)c4nc(c(-c5ccncc5)c5ccc2[nH]5)C=C4)C=C3)cc1. The van der Waals surface area contributed by atoms with E-state index in [1.54, 1.807) is 37.2 Å². The summed E-state index contributed by atoms with van der Waals surface area (Å²) in [5.74, 6) is -0.123. The van der Waals surface area contributed by atoms with Gasteiger partial charge >= 0.3 is 0 Å². The molecule has 0 saturated heterocycles. The van der Waals surface area contributed by atoms with Crippen molar-refractivity contribution in [2.24, 2.45) is 0 Å². The number of carbonyl (C=O) groups excluding carboxylic acids is 1. The summed E-state index contributed by atoms with van der Waals surface area (Å²) in [6.45, 7) is 1.50. The monoisotopic (exact) mass is 674 g/mol. The van der Waals surface area contributed by atoms with Crippen LogP contribution in [0.4, 0.5) is 5.69 Å². The van der Waals surface area contributed by atoms with E-state index in [0.717, 1.165) is 95.0 Å². The van der Waals surface area contributed by atoms with Crippen LogP contribution in [0, 0.1) is 0 Å². The molecule has 2 aliphatic heterocycles. The Kier molecular flexibility index (Phi) is 7.63. The Labute approximate surface area is 298 Å². The maximum Gasteiger partial charge on any atom is 0.221 e. The first-order valence-electron chi connectivity index (χ1n) is 16.8. The van der Waals surface area contributed by atoms with E-state index in [2.05, 4.69) is 78.8 Å². The normalized spacial score (nSPS) is 11.9. The number of H-pyrrole nitrogens is 2. The summed E-state index contributed by atoms with van der Waals surface area (Å²) in [6.07, 6.45) is 19.0. The van der Waals surface area contributed by atoms with Crippen molar-refractivity contribution < 1.29 is 4.79 Å². The molecule has 0 fully saturated rings. The van der Waals surface area contributed by atoms with Gasteiger partial charge in [-0.1, -0.05) is 12.1 Å². The van der Waals surface area contributed by atoms with Crippen molar-refractivity contribution in [2.75, 3.05) is 5.32 Å². The number of hydrogen-bond donors (Lipinski definition) is 3. The number of carbonyl (C=O) groups is 1. The molecular weight excluding hydrogens is 645 g/mol. The van der Waals surface area contributed by atoms with Crippen LogP contribution >= 0.6 is 0 Å². The average Bonchev–Trinajstić information content (AvgIpc) is 4.01. The van der Waals surface area contributed by atoms with Gasteiger partial charge in [0, 0.05) is 94.1 Å². The quantitative estimate of drug-likeness (QED) is 0.167. The Hall–Kier alpha value is -7.26. The zero-order chi connectivity index (χ0) is 35.0. The molecule has 1 aromatic carbocycles. The topological polar surface area (TPSA) is 125 Å². The van der Waals surface area contributed by atoms with Gasteiger partial charge in [0.1, 0.15) is 0 Å². The summed E-state index contributed by atoms with van der Waals surface area (Å²) < 4.78 is 0. The predicted molar refractivity (Wildman–Crippen MR) is 208 cm³/mol. The van der Waals surface area contributed by atoms with Crippen molar-refractivity contribution in [3.8, 4) is 44.5 Å². The number of aromatic nitrogens is 7. The number of pyridine rings is 3. The lowest BCUT2D eigenvalue weighted by atomic mass is 10.0. The third kappa shape index (κ3) is 5.66. The number of rotatable bonds is 5. The molecule has 0 spiro atoms. The molecule has 9 heteroatoms. The van der Waals surface area contributed by atoms with Crippen LogP contribution < -0.4 is 5.32 Å². The number of fused-ring (bicyclic) bond motifs is 8. The molecule has 0 atom stereocenters. The number of hydrogen-bond acceptors (Lipinski definition) is 6. The molecule has 0 aliphatic carbocycles. The van der Waals surface area contributed by atoms with Gasteiger partial charge in [-0.2, -0.15) is 0 Å². The van der Waals surface area contributed by atoms with Crippen LogP contribution in [-0.2, 0) is 4.79 Å². The third-order valence-electron chi connectivity index (χ3n) is 9.15. The van der Waals surface area contributed by atoms with Crippen molar-refractivity contribution in [3.63, 3.8) is 0 Å². The molecule has 0 unspecified atom stereocenters. The van der Waals surface area contributed by atoms with Gasteiger partial charge in [-0.15, -0.1) is 0 Å². The minimum Gasteiger partial charge on any atom is -0.354 e. The number of nitrogens with one attached hydrogen (secondary N) is 3. The molecule has 8 heterocycles. The summed E-state index contributed by atoms with van der Waals surface area (Å²) in [7, 11) is 0. The minimum absolute atomic E-state index is 0.123. The first kappa shape index (κ1) is 30.8. The Bertz CT molecular complexity index is 2680. The fourth-order valence-electron chi connectivity index (χ4n) is 6.90.